The van der Waals surface area contributed by atoms with Gasteiger partial charge in [-0.3, -0.25) is 0 Å². The summed E-state index contributed by atoms with van der Waals surface area (Å²) in [7, 11) is 0. The second kappa shape index (κ2) is 12.0. The lowest BCUT2D eigenvalue weighted by Crippen LogP contribution is -2.44. The molecule has 3 aliphatic heterocycles. The largest absolute Gasteiger partial charge is 0.358 e. The fourth-order valence-electron chi connectivity index (χ4n) is 5.90. The molecule has 2 saturated heterocycles. The molecule has 0 aromatic heterocycles. The van der Waals surface area contributed by atoms with Crippen molar-refractivity contribution in [3.05, 3.63) is 120 Å². The van der Waals surface area contributed by atoms with Gasteiger partial charge in [-0.15, -0.1) is 0 Å². The summed E-state index contributed by atoms with van der Waals surface area (Å²) in [5, 5.41) is 0. The molecule has 210 valence electrons. The van der Waals surface area contributed by atoms with Crippen LogP contribution in [0, 0.1) is 0 Å². The van der Waals surface area contributed by atoms with E-state index in [2.05, 4.69) is 36.4 Å². The molecular formula is C34H38O6. The molecule has 0 aliphatic carbocycles. The van der Waals surface area contributed by atoms with Crippen LogP contribution in [-0.4, -0.2) is 49.9 Å². The highest BCUT2D eigenvalue weighted by molar-refractivity contribution is 5.47. The van der Waals surface area contributed by atoms with Crippen molar-refractivity contribution in [3.8, 4) is 0 Å². The Kier molecular flexibility index (Phi) is 8.17. The van der Waals surface area contributed by atoms with Gasteiger partial charge in [0, 0.05) is 6.61 Å². The van der Waals surface area contributed by atoms with Gasteiger partial charge >= 0.3 is 0 Å². The van der Waals surface area contributed by atoms with Crippen LogP contribution >= 0.6 is 0 Å². The number of ether oxygens (including phenoxy) is 6. The van der Waals surface area contributed by atoms with E-state index < -0.39 is 23.8 Å². The number of rotatable bonds is 8. The lowest BCUT2D eigenvalue weighted by Gasteiger charge is -2.38. The van der Waals surface area contributed by atoms with Crippen LogP contribution in [0.4, 0.5) is 0 Å². The van der Waals surface area contributed by atoms with E-state index in [-0.39, 0.29) is 25.1 Å². The highest BCUT2D eigenvalue weighted by Gasteiger charge is 2.48. The zero-order valence-corrected chi connectivity index (χ0v) is 23.2. The standard InChI is InChI=1S/C34H38O6/c1-33(2)39-28-21-22-31(38-30-20-12-13-23-35-30)37-29(32(28)40-33)24-36-34(25-14-6-3-7-15-25,26-16-8-4-9-17-26)27-18-10-5-11-19-27/h3-11,14-19,21-22,28-32H,12-13,20,23-24H2,1-2H3/t28-,29+,30?,31?,32-/m0/s1. The molecule has 6 nitrogen and oxygen atoms in total. The number of benzene rings is 3. The second-order valence-electron chi connectivity index (χ2n) is 11.0. The van der Waals surface area contributed by atoms with Gasteiger partial charge in [0.05, 0.1) is 6.61 Å². The van der Waals surface area contributed by atoms with Crippen molar-refractivity contribution < 1.29 is 28.4 Å². The highest BCUT2D eigenvalue weighted by atomic mass is 16.8. The number of fused-ring (bicyclic) bond motifs is 1. The molecule has 0 saturated carbocycles. The van der Waals surface area contributed by atoms with E-state index in [4.69, 9.17) is 28.4 Å². The monoisotopic (exact) mass is 542 g/mol. The zero-order chi connectivity index (χ0) is 27.4. The normalized spacial score (nSPS) is 28.1. The Morgan fingerprint density at radius 2 is 1.38 bits per heavy atom. The molecule has 3 heterocycles. The Morgan fingerprint density at radius 1 is 0.775 bits per heavy atom. The SMILES string of the molecule is CC1(C)O[C@H]2[C@H](C=CC(OC3CCCCO3)O[C@@H]2COC(c2ccccc2)(c2ccccc2)c2ccccc2)O1. The van der Waals surface area contributed by atoms with Gasteiger partial charge in [0.2, 0.25) is 0 Å². The highest BCUT2D eigenvalue weighted by Crippen LogP contribution is 2.42. The van der Waals surface area contributed by atoms with Gasteiger partial charge in [-0.25, -0.2) is 0 Å². The zero-order valence-electron chi connectivity index (χ0n) is 23.2. The van der Waals surface area contributed by atoms with Crippen molar-refractivity contribution in [2.24, 2.45) is 0 Å². The molecule has 6 heteroatoms. The van der Waals surface area contributed by atoms with Crippen molar-refractivity contribution >= 4 is 0 Å². The summed E-state index contributed by atoms with van der Waals surface area (Å²) >= 11 is 0. The van der Waals surface area contributed by atoms with Crippen LogP contribution in [0.2, 0.25) is 0 Å². The summed E-state index contributed by atoms with van der Waals surface area (Å²) in [4.78, 5) is 0. The molecule has 0 radical (unpaired) electrons. The summed E-state index contributed by atoms with van der Waals surface area (Å²) in [5.74, 6) is -0.739. The summed E-state index contributed by atoms with van der Waals surface area (Å²) in [6.07, 6.45) is 4.87. The third-order valence-electron chi connectivity index (χ3n) is 7.73. The first-order valence-electron chi connectivity index (χ1n) is 14.3. The summed E-state index contributed by atoms with van der Waals surface area (Å²) in [5.41, 5.74) is 2.22. The molecule has 2 fully saturated rings. The first-order valence-corrected chi connectivity index (χ1v) is 14.3. The predicted molar refractivity (Wildman–Crippen MR) is 151 cm³/mol. The second-order valence-corrected chi connectivity index (χ2v) is 11.0. The minimum atomic E-state index is -0.875. The Balaban J connectivity index is 1.35. The van der Waals surface area contributed by atoms with Gasteiger partial charge < -0.3 is 28.4 Å². The predicted octanol–water partition coefficient (Wildman–Crippen LogP) is 6.34. The van der Waals surface area contributed by atoms with E-state index in [9.17, 15) is 0 Å². The molecule has 5 atom stereocenters. The van der Waals surface area contributed by atoms with Crippen LogP contribution in [0.1, 0.15) is 49.8 Å². The molecule has 3 aliphatic rings. The summed E-state index contributed by atoms with van der Waals surface area (Å²) in [6.45, 7) is 4.80. The van der Waals surface area contributed by atoms with Gasteiger partial charge in [-0.1, -0.05) is 97.1 Å². The maximum atomic E-state index is 7.12. The molecule has 0 spiro atoms. The maximum Gasteiger partial charge on any atom is 0.180 e. The third kappa shape index (κ3) is 5.79. The van der Waals surface area contributed by atoms with Crippen molar-refractivity contribution in [2.75, 3.05) is 13.2 Å². The average molecular weight is 543 g/mol. The van der Waals surface area contributed by atoms with Crippen molar-refractivity contribution in [1.82, 2.24) is 0 Å². The average Bonchev–Trinajstić information content (AvgIpc) is 3.23. The van der Waals surface area contributed by atoms with Crippen molar-refractivity contribution in [2.45, 2.75) is 75.4 Å². The third-order valence-corrected chi connectivity index (χ3v) is 7.73. The van der Waals surface area contributed by atoms with Gasteiger partial charge in [-0.2, -0.15) is 0 Å². The topological polar surface area (TPSA) is 55.4 Å². The number of hydrogen-bond acceptors (Lipinski definition) is 6. The van der Waals surface area contributed by atoms with Gasteiger partial charge in [0.1, 0.15) is 23.9 Å². The van der Waals surface area contributed by atoms with E-state index in [1.807, 2.05) is 80.6 Å². The smallest absolute Gasteiger partial charge is 0.180 e. The number of hydrogen-bond donors (Lipinski definition) is 0. The van der Waals surface area contributed by atoms with Crippen molar-refractivity contribution in [3.63, 3.8) is 0 Å². The lowest BCUT2D eigenvalue weighted by molar-refractivity contribution is -0.266. The fourth-order valence-corrected chi connectivity index (χ4v) is 5.90. The fraction of sp³-hybridized carbons (Fsp3) is 0.412. The van der Waals surface area contributed by atoms with Crippen LogP contribution in [-0.2, 0) is 34.0 Å². The molecular weight excluding hydrogens is 504 g/mol. The molecule has 3 aromatic rings. The van der Waals surface area contributed by atoms with Crippen LogP contribution in [0.3, 0.4) is 0 Å². The van der Waals surface area contributed by atoms with Crippen LogP contribution in [0.15, 0.2) is 103 Å². The van der Waals surface area contributed by atoms with E-state index in [0.717, 1.165) is 36.0 Å². The summed E-state index contributed by atoms with van der Waals surface area (Å²) in [6, 6.07) is 31.0. The maximum absolute atomic E-state index is 7.12. The molecule has 0 N–H and O–H groups in total. The first-order chi connectivity index (χ1) is 19.5. The Morgan fingerprint density at radius 3 is 1.93 bits per heavy atom. The Labute approximate surface area is 236 Å². The van der Waals surface area contributed by atoms with E-state index >= 15 is 0 Å². The molecule has 40 heavy (non-hydrogen) atoms. The van der Waals surface area contributed by atoms with E-state index in [1.54, 1.807) is 0 Å². The van der Waals surface area contributed by atoms with Crippen LogP contribution < -0.4 is 0 Å². The molecule has 2 unspecified atom stereocenters. The summed E-state index contributed by atoms with van der Waals surface area (Å²) < 4.78 is 38.5. The van der Waals surface area contributed by atoms with Gasteiger partial charge in [0.25, 0.3) is 0 Å². The Bertz CT molecular complexity index is 1140. The Hall–Kier alpha value is -2.84. The molecule has 0 amide bonds. The molecule has 0 bridgehead atoms. The van der Waals surface area contributed by atoms with Crippen LogP contribution in [0.25, 0.3) is 0 Å². The molecule has 6 rings (SSSR count). The minimum Gasteiger partial charge on any atom is -0.358 e. The lowest BCUT2D eigenvalue weighted by atomic mass is 9.80. The molecule has 3 aromatic carbocycles. The quantitative estimate of drug-likeness (QED) is 0.245. The van der Waals surface area contributed by atoms with Crippen molar-refractivity contribution in [1.29, 1.82) is 0 Å². The first kappa shape index (κ1) is 27.3. The van der Waals surface area contributed by atoms with E-state index in [0.29, 0.717) is 6.61 Å². The van der Waals surface area contributed by atoms with Crippen LogP contribution in [0.5, 0.6) is 0 Å². The minimum absolute atomic E-state index is 0.242. The van der Waals surface area contributed by atoms with Gasteiger partial charge in [-0.05, 0) is 55.9 Å². The van der Waals surface area contributed by atoms with Gasteiger partial charge in [0.15, 0.2) is 18.4 Å². The van der Waals surface area contributed by atoms with E-state index in [1.165, 1.54) is 0 Å².